The van der Waals surface area contributed by atoms with Crippen molar-refractivity contribution in [3.05, 3.63) is 52.4 Å². The molecule has 2 aromatic rings. The predicted octanol–water partition coefficient (Wildman–Crippen LogP) is 5.49. The average Bonchev–Trinajstić information content (AvgIpc) is 3.28. The second kappa shape index (κ2) is 5.63. The van der Waals surface area contributed by atoms with Gasteiger partial charge in [-0.05, 0) is 49.1 Å². The van der Waals surface area contributed by atoms with Gasteiger partial charge in [-0.15, -0.1) is 0 Å². The van der Waals surface area contributed by atoms with Crippen LogP contribution in [0.25, 0.3) is 0 Å². The summed E-state index contributed by atoms with van der Waals surface area (Å²) in [5.41, 5.74) is 1.92. The maximum Gasteiger partial charge on any atom is 0.198 e. The highest BCUT2D eigenvalue weighted by atomic mass is 79.9. The van der Waals surface area contributed by atoms with Crippen molar-refractivity contribution < 1.29 is 9.15 Å². The van der Waals surface area contributed by atoms with Gasteiger partial charge in [0.05, 0.1) is 12.3 Å². The number of ether oxygens (including phenoxy) is 1. The molecular formula is C20H21BrN2O2. The summed E-state index contributed by atoms with van der Waals surface area (Å²) in [7, 11) is 0. The molecule has 1 atom stereocenters. The minimum Gasteiger partial charge on any atom is -0.466 e. The molecule has 1 saturated carbocycles. The number of benzene rings is 1. The summed E-state index contributed by atoms with van der Waals surface area (Å²) in [6.07, 6.45) is 6.98. The van der Waals surface area contributed by atoms with Crippen molar-refractivity contribution in [1.29, 1.82) is 0 Å². The van der Waals surface area contributed by atoms with Gasteiger partial charge in [0, 0.05) is 29.3 Å². The molecule has 3 aliphatic rings. The molecule has 0 N–H and O–H groups in total. The van der Waals surface area contributed by atoms with Crippen molar-refractivity contribution in [1.82, 2.24) is 5.01 Å². The summed E-state index contributed by atoms with van der Waals surface area (Å²) in [5.74, 6) is 2.63. The standard InChI is InChI=1S/C20H21BrN2O2/c1-13-6-8-20(9-7-13)23-17(12-16(22-23)19-3-2-10-24-19)15-11-14(21)4-5-18(15)25-20/h2-5,10-11,13,17H,6-9,12H2,1H3. The number of hydrogen-bond donors (Lipinski definition) is 0. The Morgan fingerprint density at radius 2 is 2.08 bits per heavy atom. The first-order chi connectivity index (χ1) is 12.1. The van der Waals surface area contributed by atoms with E-state index in [1.807, 2.05) is 12.1 Å². The Morgan fingerprint density at radius 3 is 2.84 bits per heavy atom. The third kappa shape index (κ3) is 2.43. The molecule has 0 saturated heterocycles. The van der Waals surface area contributed by atoms with Crippen molar-refractivity contribution in [2.75, 3.05) is 0 Å². The van der Waals surface area contributed by atoms with Crippen LogP contribution in [0.2, 0.25) is 0 Å². The van der Waals surface area contributed by atoms with E-state index in [4.69, 9.17) is 14.3 Å². The highest BCUT2D eigenvalue weighted by Crippen LogP contribution is 2.52. The largest absolute Gasteiger partial charge is 0.466 e. The zero-order chi connectivity index (χ0) is 17.0. The topological polar surface area (TPSA) is 38.0 Å². The van der Waals surface area contributed by atoms with Crippen LogP contribution in [0.4, 0.5) is 0 Å². The number of fused-ring (bicyclic) bond motifs is 4. The summed E-state index contributed by atoms with van der Waals surface area (Å²) < 4.78 is 13.3. The van der Waals surface area contributed by atoms with E-state index in [0.717, 1.165) is 46.9 Å². The lowest BCUT2D eigenvalue weighted by atomic mass is 9.82. The fourth-order valence-corrected chi connectivity index (χ4v) is 4.77. The zero-order valence-corrected chi connectivity index (χ0v) is 15.8. The van der Waals surface area contributed by atoms with Crippen molar-refractivity contribution in [3.8, 4) is 5.75 Å². The van der Waals surface area contributed by atoms with Crippen molar-refractivity contribution in [2.45, 2.75) is 50.8 Å². The Kier molecular flexibility index (Phi) is 3.49. The Morgan fingerprint density at radius 1 is 1.24 bits per heavy atom. The molecule has 5 heteroatoms. The van der Waals surface area contributed by atoms with Gasteiger partial charge >= 0.3 is 0 Å². The first-order valence-corrected chi connectivity index (χ1v) is 9.83. The molecule has 1 aliphatic carbocycles. The number of hydrogen-bond acceptors (Lipinski definition) is 4. The number of furan rings is 1. The van der Waals surface area contributed by atoms with Gasteiger partial charge in [0.2, 0.25) is 0 Å². The maximum absolute atomic E-state index is 6.61. The first-order valence-electron chi connectivity index (χ1n) is 9.04. The zero-order valence-electron chi connectivity index (χ0n) is 14.2. The lowest BCUT2D eigenvalue weighted by Crippen LogP contribution is -2.55. The number of hydrazone groups is 1. The normalized spacial score (nSPS) is 30.6. The lowest BCUT2D eigenvalue weighted by molar-refractivity contribution is -0.145. The molecule has 0 amide bonds. The van der Waals surface area contributed by atoms with Crippen LogP contribution >= 0.6 is 15.9 Å². The molecule has 4 nitrogen and oxygen atoms in total. The Balaban J connectivity index is 1.60. The molecular weight excluding hydrogens is 380 g/mol. The van der Waals surface area contributed by atoms with E-state index in [1.165, 1.54) is 18.4 Å². The van der Waals surface area contributed by atoms with Crippen LogP contribution < -0.4 is 4.74 Å². The summed E-state index contributed by atoms with van der Waals surface area (Å²) in [4.78, 5) is 0. The van der Waals surface area contributed by atoms with E-state index in [9.17, 15) is 0 Å². The molecule has 1 fully saturated rings. The maximum atomic E-state index is 6.61. The molecule has 1 unspecified atom stereocenters. The van der Waals surface area contributed by atoms with Gasteiger partial charge in [0.25, 0.3) is 0 Å². The predicted molar refractivity (Wildman–Crippen MR) is 99.6 cm³/mol. The molecule has 5 rings (SSSR count). The summed E-state index contributed by atoms with van der Waals surface area (Å²) in [5, 5.41) is 7.24. The SMILES string of the molecule is CC1CCC2(CC1)Oc1ccc(Br)cc1C1CC(c3ccco3)=NN12. The summed E-state index contributed by atoms with van der Waals surface area (Å²) in [6, 6.07) is 10.5. The van der Waals surface area contributed by atoms with Gasteiger partial charge in [0.1, 0.15) is 17.2 Å². The molecule has 1 aromatic heterocycles. The third-order valence-electron chi connectivity index (χ3n) is 5.82. The van der Waals surface area contributed by atoms with Crippen molar-refractivity contribution in [2.24, 2.45) is 11.0 Å². The van der Waals surface area contributed by atoms with Gasteiger partial charge in [0.15, 0.2) is 5.72 Å². The first kappa shape index (κ1) is 15.5. The van der Waals surface area contributed by atoms with E-state index in [-0.39, 0.29) is 11.8 Å². The lowest BCUT2D eigenvalue weighted by Gasteiger charge is -2.50. The number of halogens is 1. The minimum absolute atomic E-state index is 0.217. The fourth-order valence-electron chi connectivity index (χ4n) is 4.39. The smallest absolute Gasteiger partial charge is 0.198 e. The third-order valence-corrected chi connectivity index (χ3v) is 6.31. The Labute approximate surface area is 156 Å². The monoisotopic (exact) mass is 400 g/mol. The van der Waals surface area contributed by atoms with Crippen LogP contribution in [0.1, 0.15) is 56.4 Å². The van der Waals surface area contributed by atoms with Crippen LogP contribution in [0.5, 0.6) is 5.75 Å². The number of nitrogens with zero attached hydrogens (tertiary/aromatic N) is 2. The molecule has 130 valence electrons. The molecule has 2 aliphatic heterocycles. The van der Waals surface area contributed by atoms with E-state index in [2.05, 4.69) is 46.1 Å². The van der Waals surface area contributed by atoms with Gasteiger partial charge in [-0.25, -0.2) is 5.01 Å². The van der Waals surface area contributed by atoms with Crippen molar-refractivity contribution >= 4 is 21.6 Å². The molecule has 0 radical (unpaired) electrons. The van der Waals surface area contributed by atoms with E-state index < -0.39 is 0 Å². The van der Waals surface area contributed by atoms with E-state index >= 15 is 0 Å². The Bertz CT molecular complexity index is 822. The average molecular weight is 401 g/mol. The Hall–Kier alpha value is -1.75. The number of rotatable bonds is 1. The van der Waals surface area contributed by atoms with Crippen molar-refractivity contribution in [3.63, 3.8) is 0 Å². The van der Waals surface area contributed by atoms with Gasteiger partial charge in [-0.3, -0.25) is 0 Å². The molecule has 25 heavy (non-hydrogen) atoms. The van der Waals surface area contributed by atoms with Crippen LogP contribution in [0.15, 0.2) is 50.6 Å². The minimum atomic E-state index is -0.313. The molecule has 1 spiro atoms. The molecule has 3 heterocycles. The summed E-state index contributed by atoms with van der Waals surface area (Å²) >= 11 is 3.61. The highest BCUT2D eigenvalue weighted by molar-refractivity contribution is 9.10. The van der Waals surface area contributed by atoms with E-state index in [1.54, 1.807) is 6.26 Å². The van der Waals surface area contributed by atoms with E-state index in [0.29, 0.717) is 0 Å². The van der Waals surface area contributed by atoms with Crippen LogP contribution in [-0.4, -0.2) is 16.4 Å². The van der Waals surface area contributed by atoms with Gasteiger partial charge in [-0.2, -0.15) is 5.10 Å². The second-order valence-corrected chi connectivity index (χ2v) is 8.42. The fraction of sp³-hybridized carbons (Fsp3) is 0.450. The van der Waals surface area contributed by atoms with Crippen LogP contribution in [-0.2, 0) is 0 Å². The summed E-state index contributed by atoms with van der Waals surface area (Å²) in [6.45, 7) is 2.33. The van der Waals surface area contributed by atoms with Crippen LogP contribution in [0, 0.1) is 5.92 Å². The molecule has 1 aromatic carbocycles. The van der Waals surface area contributed by atoms with Crippen LogP contribution in [0.3, 0.4) is 0 Å². The quantitative estimate of drug-likeness (QED) is 0.634. The second-order valence-electron chi connectivity index (χ2n) is 7.50. The highest BCUT2D eigenvalue weighted by Gasteiger charge is 2.51. The molecule has 0 bridgehead atoms. The van der Waals surface area contributed by atoms with Gasteiger partial charge < -0.3 is 9.15 Å². The van der Waals surface area contributed by atoms with Gasteiger partial charge in [-0.1, -0.05) is 22.9 Å².